The first kappa shape index (κ1) is 30.9. The van der Waals surface area contributed by atoms with Crippen molar-refractivity contribution in [3.8, 4) is 0 Å². The van der Waals surface area contributed by atoms with Crippen molar-refractivity contribution in [1.82, 2.24) is 0 Å². The van der Waals surface area contributed by atoms with Crippen LogP contribution in [0.15, 0.2) is 0 Å². The predicted molar refractivity (Wildman–Crippen MR) is 23.7 cm³/mol. The van der Waals surface area contributed by atoms with E-state index in [2.05, 4.69) is 0 Å². The summed E-state index contributed by atoms with van der Waals surface area (Å²) in [5.74, 6) is 0. The summed E-state index contributed by atoms with van der Waals surface area (Å²) in [6.45, 7) is 0. The normalized spacial score (nSPS) is 0.667. The summed E-state index contributed by atoms with van der Waals surface area (Å²) < 4.78 is 8.26. The Hall–Kier alpha value is 4.73. The van der Waals surface area contributed by atoms with Crippen molar-refractivity contribution in [1.29, 1.82) is 0 Å². The van der Waals surface area contributed by atoms with Gasteiger partial charge in [-0.05, 0) is 0 Å². The van der Waals surface area contributed by atoms with Crippen LogP contribution in [0.1, 0.15) is 0 Å². The van der Waals surface area contributed by atoms with Gasteiger partial charge in [-0.3, -0.25) is 0 Å². The van der Waals surface area contributed by atoms with E-state index in [1.165, 1.54) is 0 Å². The molecule has 0 saturated heterocycles. The van der Waals surface area contributed by atoms with E-state index in [4.69, 9.17) is 3.10 Å². The molecule has 8 radical (unpaired) electrons. The fraction of sp³-hybridized carbons (Fsp3) is 0. The van der Waals surface area contributed by atoms with Crippen LogP contribution in [0.2, 0.25) is 0 Å². The molecule has 0 bridgehead atoms. The summed E-state index contributed by atoms with van der Waals surface area (Å²) in [5, 5.41) is 0. The second-order valence-electron chi connectivity index (χ2n) is 0. The second kappa shape index (κ2) is 33.1. The Kier molecular flexibility index (Phi) is 171. The molecule has 0 aromatic rings. The third-order valence-electron chi connectivity index (χ3n) is 0. The van der Waals surface area contributed by atoms with Gasteiger partial charge in [0.1, 0.15) is 0 Å². The summed E-state index contributed by atoms with van der Waals surface area (Å²) in [6, 6.07) is 0. The minimum absolute atomic E-state index is 0. The summed E-state index contributed by atoms with van der Waals surface area (Å²) in [4.78, 5) is 0. The molecular formula is BiCaCuOSrTe. The van der Waals surface area contributed by atoms with E-state index >= 15 is 0 Å². The van der Waals surface area contributed by atoms with E-state index in [-0.39, 0.29) is 126 Å². The molecule has 0 aromatic carbocycles. The van der Waals surface area contributed by atoms with Gasteiger partial charge in [0, 0.05) is 126 Å². The van der Waals surface area contributed by atoms with Crippen LogP contribution >= 0.6 is 0 Å². The molecule has 0 aliphatic carbocycles. The van der Waals surface area contributed by atoms with Crippen molar-refractivity contribution in [2.24, 2.45) is 0 Å². The van der Waals surface area contributed by atoms with Crippen LogP contribution < -0.4 is 0 Å². The SMILES string of the molecule is O=[Te].[Bi].[Ca].[Cu].[Sr]. The molecule has 0 unspecified atom stereocenters. The van der Waals surface area contributed by atoms with Crippen molar-refractivity contribution in [3.05, 3.63) is 0 Å². The molecule has 6 heavy (non-hydrogen) atoms. The molecule has 0 aliphatic rings. The summed E-state index contributed by atoms with van der Waals surface area (Å²) in [7, 11) is 0. The van der Waals surface area contributed by atoms with E-state index < -0.39 is 0 Å². The zero-order chi connectivity index (χ0) is 2.00. The molecule has 32 valence electrons. The predicted octanol–water partition coefficient (Wildman–Crippen LogP) is -1.64. The Balaban J connectivity index is -0.000000000833. The van der Waals surface area contributed by atoms with Gasteiger partial charge in [-0.2, -0.15) is 0 Å². The van der Waals surface area contributed by atoms with E-state index in [0.29, 0.717) is 22.3 Å². The van der Waals surface area contributed by atoms with Gasteiger partial charge >= 0.3 is 25.4 Å². The standard InChI is InChI=1S/Bi.Ca.Cu.OTe.Sr/c;;;1-2;. The Morgan fingerprint density at radius 1 is 1.17 bits per heavy atom. The Morgan fingerprint density at radius 2 is 1.17 bits per heavy atom. The van der Waals surface area contributed by atoms with Crippen molar-refractivity contribution < 1.29 is 20.2 Å². The van der Waals surface area contributed by atoms with Gasteiger partial charge in [-0.25, -0.2) is 0 Å². The number of rotatable bonds is 0. The van der Waals surface area contributed by atoms with Crippen LogP contribution in [0.5, 0.6) is 0 Å². The zero-order valence-electron chi connectivity index (χ0n) is 2.98. The van der Waals surface area contributed by atoms with Crippen molar-refractivity contribution >= 4 is 132 Å². The van der Waals surface area contributed by atoms with Gasteiger partial charge in [0.25, 0.3) is 0 Å². The number of hydrogen-bond acceptors (Lipinski definition) is 1. The molecule has 6 heteroatoms. The van der Waals surface area contributed by atoms with E-state index in [1.54, 1.807) is 0 Å². The van der Waals surface area contributed by atoms with Gasteiger partial charge in [0.05, 0.1) is 0 Å². The third kappa shape index (κ3) is 23.3. The van der Waals surface area contributed by atoms with Crippen LogP contribution in [-0.2, 0) is 20.2 Å². The van der Waals surface area contributed by atoms with Gasteiger partial charge in [-0.1, -0.05) is 0 Å². The van der Waals surface area contributed by atoms with Gasteiger partial charge in [-0.15, -0.1) is 0 Å². The zero-order valence-corrected chi connectivity index (χ0v) is 15.4. The molecule has 0 aliphatic heterocycles. The quantitative estimate of drug-likeness (QED) is 0.335. The smallest absolute Gasteiger partial charge is 0 e. The number of hydrogen-bond donors (Lipinski definition) is 0. The van der Waals surface area contributed by atoms with Crippen molar-refractivity contribution in [3.63, 3.8) is 0 Å². The van der Waals surface area contributed by atoms with Gasteiger partial charge in [0.15, 0.2) is 0 Å². The van der Waals surface area contributed by atoms with Crippen molar-refractivity contribution in [2.45, 2.75) is 0 Å². The largest absolute Gasteiger partial charge is 0 e. The van der Waals surface area contributed by atoms with Crippen LogP contribution in [0, 0.1) is 0 Å². The van der Waals surface area contributed by atoms with E-state index in [9.17, 15) is 0 Å². The molecule has 1 nitrogen and oxygen atoms in total. The first-order chi connectivity index (χ1) is 1.00. The van der Waals surface area contributed by atoms with Crippen LogP contribution in [0.3, 0.4) is 0 Å². The fourth-order valence-corrected chi connectivity index (χ4v) is 0. The Labute approximate surface area is 147 Å². The molecule has 0 fully saturated rings. The maximum atomic E-state index is 8.26. The molecule has 0 N–H and O–H groups in total. The summed E-state index contributed by atoms with van der Waals surface area (Å²) in [6.07, 6.45) is 0. The average Bonchev–Trinajstić information content (AvgIpc) is 1.00. The van der Waals surface area contributed by atoms with Crippen LogP contribution in [0.25, 0.3) is 0 Å². The van der Waals surface area contributed by atoms with Crippen LogP contribution in [-0.4, -0.2) is 132 Å². The van der Waals surface area contributed by atoms with Gasteiger partial charge in [0.2, 0.25) is 0 Å². The first-order valence-electron chi connectivity index (χ1n) is 0.167. The summed E-state index contributed by atoms with van der Waals surface area (Å²) in [5.41, 5.74) is 0. The molecule has 0 spiro atoms. The fourth-order valence-electron chi connectivity index (χ4n) is 0. The second-order valence-corrected chi connectivity index (χ2v) is 0. The average molecular weight is 544 g/mol. The minimum atomic E-state index is 0. The van der Waals surface area contributed by atoms with Crippen LogP contribution in [0.4, 0.5) is 0 Å². The topological polar surface area (TPSA) is 17.1 Å². The molecule has 0 atom stereocenters. The minimum Gasteiger partial charge on any atom is 0 e. The maximum absolute atomic E-state index is 8.26. The molecule has 0 aromatic heterocycles. The maximum Gasteiger partial charge on any atom is 0 e. The third-order valence-corrected chi connectivity index (χ3v) is 0. The molecule has 0 amide bonds. The Morgan fingerprint density at radius 3 is 1.17 bits per heavy atom. The monoisotopic (exact) mass is 546 g/mol. The summed E-state index contributed by atoms with van der Waals surface area (Å²) >= 11 is 0.700. The molecule has 0 saturated carbocycles. The van der Waals surface area contributed by atoms with Gasteiger partial charge < -0.3 is 0 Å². The van der Waals surface area contributed by atoms with E-state index in [1.807, 2.05) is 0 Å². The molecule has 0 rings (SSSR count). The Bertz CT molecular complexity index is 15.5. The van der Waals surface area contributed by atoms with E-state index in [0.717, 1.165) is 0 Å². The first-order valence-corrected chi connectivity index (χ1v) is 1.12. The van der Waals surface area contributed by atoms with Crippen molar-refractivity contribution in [2.75, 3.05) is 0 Å². The molecular weight excluding hydrogens is 544 g/mol. The molecule has 0 heterocycles.